The van der Waals surface area contributed by atoms with Gasteiger partial charge in [0.1, 0.15) is 0 Å². The SMILES string of the molecule is CC(C)NCc1sccc1S(=O)(=O)NCc1nn[nH]n1. The molecule has 3 N–H and O–H groups in total. The third kappa shape index (κ3) is 3.82. The number of hydrogen-bond acceptors (Lipinski definition) is 7. The van der Waals surface area contributed by atoms with Gasteiger partial charge in [-0.05, 0) is 11.4 Å². The molecular formula is C10H16N6O2S2. The smallest absolute Gasteiger partial charge is 0.242 e. The van der Waals surface area contributed by atoms with Crippen LogP contribution in [0.3, 0.4) is 0 Å². The van der Waals surface area contributed by atoms with Crippen LogP contribution in [0.5, 0.6) is 0 Å². The summed E-state index contributed by atoms with van der Waals surface area (Å²) in [5.74, 6) is 0.297. The fourth-order valence-electron chi connectivity index (χ4n) is 1.49. The largest absolute Gasteiger partial charge is 0.310 e. The predicted octanol–water partition coefficient (Wildman–Crippen LogP) is 0.238. The molecule has 2 aromatic rings. The van der Waals surface area contributed by atoms with E-state index in [2.05, 4.69) is 30.7 Å². The molecule has 0 aliphatic rings. The van der Waals surface area contributed by atoms with Gasteiger partial charge in [0.05, 0.1) is 11.4 Å². The van der Waals surface area contributed by atoms with Crippen LogP contribution in [0.1, 0.15) is 24.5 Å². The Morgan fingerprint density at radius 1 is 1.40 bits per heavy atom. The molecule has 0 aliphatic heterocycles. The lowest BCUT2D eigenvalue weighted by Crippen LogP contribution is -2.26. The summed E-state index contributed by atoms with van der Waals surface area (Å²) in [6.45, 7) is 4.55. The van der Waals surface area contributed by atoms with Crippen molar-refractivity contribution in [2.45, 2.75) is 37.9 Å². The molecule has 0 saturated carbocycles. The number of H-pyrrole nitrogens is 1. The van der Waals surface area contributed by atoms with Gasteiger partial charge in [0.2, 0.25) is 10.0 Å². The highest BCUT2D eigenvalue weighted by atomic mass is 32.2. The third-order valence-corrected chi connectivity index (χ3v) is 5.01. The zero-order chi connectivity index (χ0) is 14.6. The zero-order valence-corrected chi connectivity index (χ0v) is 12.8. The van der Waals surface area contributed by atoms with Crippen LogP contribution in [-0.2, 0) is 23.1 Å². The van der Waals surface area contributed by atoms with Gasteiger partial charge in [0.15, 0.2) is 5.82 Å². The average Bonchev–Trinajstić information content (AvgIpc) is 3.05. The molecular weight excluding hydrogens is 300 g/mol. The molecule has 0 fully saturated rings. The standard InChI is InChI=1S/C10H16N6O2S2/c1-7(2)11-5-8-9(3-4-19-8)20(17,18)12-6-10-13-15-16-14-10/h3-4,7,11-12H,5-6H2,1-2H3,(H,13,14,15,16). The molecule has 8 nitrogen and oxygen atoms in total. The predicted molar refractivity (Wildman–Crippen MR) is 74.5 cm³/mol. The average molecular weight is 316 g/mol. The first-order valence-electron chi connectivity index (χ1n) is 6.01. The lowest BCUT2D eigenvalue weighted by Gasteiger charge is -2.09. The van der Waals surface area contributed by atoms with Crippen molar-refractivity contribution >= 4 is 21.4 Å². The van der Waals surface area contributed by atoms with Gasteiger partial charge in [0.25, 0.3) is 0 Å². The van der Waals surface area contributed by atoms with Crippen LogP contribution in [-0.4, -0.2) is 35.1 Å². The molecule has 0 saturated heterocycles. The van der Waals surface area contributed by atoms with Crippen molar-refractivity contribution in [3.63, 3.8) is 0 Å². The number of aromatic nitrogens is 4. The fraction of sp³-hybridized carbons (Fsp3) is 0.500. The van der Waals surface area contributed by atoms with E-state index >= 15 is 0 Å². The molecule has 0 bridgehead atoms. The van der Waals surface area contributed by atoms with Gasteiger partial charge in [-0.1, -0.05) is 19.1 Å². The highest BCUT2D eigenvalue weighted by molar-refractivity contribution is 7.89. The molecule has 2 rings (SSSR count). The van der Waals surface area contributed by atoms with Crippen LogP contribution >= 0.6 is 11.3 Å². The van der Waals surface area contributed by atoms with E-state index in [-0.39, 0.29) is 6.54 Å². The van der Waals surface area contributed by atoms with Gasteiger partial charge >= 0.3 is 0 Å². The summed E-state index contributed by atoms with van der Waals surface area (Å²) in [7, 11) is -3.57. The second-order valence-corrected chi connectivity index (χ2v) is 7.13. The summed E-state index contributed by atoms with van der Waals surface area (Å²) in [5, 5.41) is 18.0. The van der Waals surface area contributed by atoms with Crippen molar-refractivity contribution in [2.24, 2.45) is 0 Å². The number of rotatable bonds is 7. The molecule has 20 heavy (non-hydrogen) atoms. The van der Waals surface area contributed by atoms with Crippen molar-refractivity contribution in [1.29, 1.82) is 0 Å². The van der Waals surface area contributed by atoms with Crippen LogP contribution in [0.4, 0.5) is 0 Å². The third-order valence-electron chi connectivity index (χ3n) is 2.47. The molecule has 0 unspecified atom stereocenters. The Labute approximate surface area is 121 Å². The molecule has 0 amide bonds. The van der Waals surface area contributed by atoms with E-state index < -0.39 is 10.0 Å². The lowest BCUT2D eigenvalue weighted by atomic mass is 10.4. The van der Waals surface area contributed by atoms with Crippen molar-refractivity contribution in [3.8, 4) is 0 Å². The minimum atomic E-state index is -3.57. The van der Waals surface area contributed by atoms with E-state index in [1.54, 1.807) is 11.4 Å². The summed E-state index contributed by atoms with van der Waals surface area (Å²) >= 11 is 1.41. The summed E-state index contributed by atoms with van der Waals surface area (Å²) in [5.41, 5.74) is 0. The number of aromatic amines is 1. The Balaban J connectivity index is 2.07. The second-order valence-electron chi connectivity index (χ2n) is 4.40. The van der Waals surface area contributed by atoms with E-state index in [0.717, 1.165) is 4.88 Å². The number of tetrazole rings is 1. The van der Waals surface area contributed by atoms with Crippen LogP contribution in [0.15, 0.2) is 16.3 Å². The first-order chi connectivity index (χ1) is 9.49. The highest BCUT2D eigenvalue weighted by Crippen LogP contribution is 2.21. The quantitative estimate of drug-likeness (QED) is 0.674. The molecule has 110 valence electrons. The number of sulfonamides is 1. The summed E-state index contributed by atoms with van der Waals surface area (Å²) < 4.78 is 26.9. The van der Waals surface area contributed by atoms with E-state index in [9.17, 15) is 8.42 Å². The van der Waals surface area contributed by atoms with Gasteiger partial charge in [-0.3, -0.25) is 0 Å². The molecule has 0 spiro atoms. The summed E-state index contributed by atoms with van der Waals surface area (Å²) in [6.07, 6.45) is 0. The van der Waals surface area contributed by atoms with Crippen molar-refractivity contribution < 1.29 is 8.42 Å². The molecule has 2 heterocycles. The van der Waals surface area contributed by atoms with Crippen LogP contribution in [0, 0.1) is 0 Å². The lowest BCUT2D eigenvalue weighted by molar-refractivity contribution is 0.570. The Bertz CT molecular complexity index is 635. The number of thiophene rings is 1. The number of nitrogens with zero attached hydrogens (tertiary/aromatic N) is 3. The first kappa shape index (κ1) is 15.0. The first-order valence-corrected chi connectivity index (χ1v) is 8.37. The fourth-order valence-corrected chi connectivity index (χ4v) is 3.86. The molecule has 0 aromatic carbocycles. The Morgan fingerprint density at radius 2 is 2.20 bits per heavy atom. The summed E-state index contributed by atoms with van der Waals surface area (Å²) in [4.78, 5) is 1.07. The maximum atomic E-state index is 12.2. The minimum absolute atomic E-state index is 0.00568. The monoisotopic (exact) mass is 316 g/mol. The van der Waals surface area contributed by atoms with Crippen LogP contribution < -0.4 is 10.0 Å². The summed E-state index contributed by atoms with van der Waals surface area (Å²) in [6, 6.07) is 1.89. The normalized spacial score (nSPS) is 12.2. The van der Waals surface area contributed by atoms with Gasteiger partial charge in [0, 0.05) is 17.5 Å². The minimum Gasteiger partial charge on any atom is -0.310 e. The maximum Gasteiger partial charge on any atom is 0.242 e. The second kappa shape index (κ2) is 6.39. The van der Waals surface area contributed by atoms with Crippen molar-refractivity contribution in [1.82, 2.24) is 30.7 Å². The zero-order valence-electron chi connectivity index (χ0n) is 11.1. The van der Waals surface area contributed by atoms with Crippen LogP contribution in [0.2, 0.25) is 0 Å². The number of nitrogens with one attached hydrogen (secondary N) is 3. The van der Waals surface area contributed by atoms with Crippen molar-refractivity contribution in [3.05, 3.63) is 22.1 Å². The van der Waals surface area contributed by atoms with E-state index in [1.165, 1.54) is 11.3 Å². The molecule has 0 aliphatic carbocycles. The Morgan fingerprint density at radius 3 is 2.85 bits per heavy atom. The van der Waals surface area contributed by atoms with Gasteiger partial charge in [-0.15, -0.1) is 21.5 Å². The Hall–Kier alpha value is -1.36. The highest BCUT2D eigenvalue weighted by Gasteiger charge is 2.20. The topological polar surface area (TPSA) is 113 Å². The maximum absolute atomic E-state index is 12.2. The molecule has 10 heteroatoms. The van der Waals surface area contributed by atoms with Crippen LogP contribution in [0.25, 0.3) is 0 Å². The van der Waals surface area contributed by atoms with E-state index in [0.29, 0.717) is 23.3 Å². The Kier molecular flexibility index (Phi) is 4.81. The van der Waals surface area contributed by atoms with Gasteiger partial charge in [-0.2, -0.15) is 5.21 Å². The van der Waals surface area contributed by atoms with E-state index in [1.807, 2.05) is 13.8 Å². The molecule has 0 atom stereocenters. The van der Waals surface area contributed by atoms with Crippen molar-refractivity contribution in [2.75, 3.05) is 0 Å². The van der Waals surface area contributed by atoms with Gasteiger partial charge < -0.3 is 5.32 Å². The van der Waals surface area contributed by atoms with Gasteiger partial charge in [-0.25, -0.2) is 13.1 Å². The number of hydrogen-bond donors (Lipinski definition) is 3. The molecule has 2 aromatic heterocycles. The van der Waals surface area contributed by atoms with E-state index in [4.69, 9.17) is 0 Å². The molecule has 0 radical (unpaired) electrons.